The van der Waals surface area contributed by atoms with Crippen LogP contribution in [0.3, 0.4) is 0 Å². The van der Waals surface area contributed by atoms with Gasteiger partial charge in [-0.1, -0.05) is 72.3 Å². The first-order valence-electron chi connectivity index (χ1n) is 13.1. The molecule has 0 radical (unpaired) electrons. The Labute approximate surface area is 240 Å². The Balaban J connectivity index is 1.46. The summed E-state index contributed by atoms with van der Waals surface area (Å²) in [4.78, 5) is 14.4. The molecular formula is C32H32ClNO5S. The van der Waals surface area contributed by atoms with Gasteiger partial charge in [0.05, 0.1) is 28.1 Å². The van der Waals surface area contributed by atoms with E-state index in [0.29, 0.717) is 31.1 Å². The number of carbonyl (C=O) groups excluding carboxylic acids is 1. The number of aliphatic hydroxyl groups excluding tert-OH is 1. The first-order valence-corrected chi connectivity index (χ1v) is 14.9. The van der Waals surface area contributed by atoms with Crippen molar-refractivity contribution in [1.29, 1.82) is 0 Å². The number of esters is 1. The molecule has 0 amide bonds. The molecule has 1 N–H and O–H groups in total. The smallest absolute Gasteiger partial charge is 0.338 e. The molecule has 0 spiro atoms. The zero-order chi connectivity index (χ0) is 28.5. The van der Waals surface area contributed by atoms with Crippen molar-refractivity contribution in [2.45, 2.75) is 35.8 Å². The predicted molar refractivity (Wildman–Crippen MR) is 156 cm³/mol. The number of sulfone groups is 1. The number of hydrogen-bond acceptors (Lipinski definition) is 6. The van der Waals surface area contributed by atoms with Gasteiger partial charge in [-0.05, 0) is 72.5 Å². The fraction of sp³-hybridized carbons (Fsp3) is 0.219. The van der Waals surface area contributed by atoms with Gasteiger partial charge in [-0.2, -0.15) is 0 Å². The minimum Gasteiger partial charge on any atom is -0.462 e. The molecule has 0 bridgehead atoms. The van der Waals surface area contributed by atoms with Crippen LogP contribution in [-0.4, -0.2) is 44.1 Å². The van der Waals surface area contributed by atoms with Crippen LogP contribution in [0, 0.1) is 0 Å². The second-order valence-electron chi connectivity index (χ2n) is 9.44. The van der Waals surface area contributed by atoms with Crippen LogP contribution in [0.25, 0.3) is 0 Å². The maximum atomic E-state index is 13.2. The topological polar surface area (TPSA) is 83.9 Å². The zero-order valence-electron chi connectivity index (χ0n) is 22.2. The second-order valence-corrected chi connectivity index (χ2v) is 11.8. The van der Waals surface area contributed by atoms with Crippen molar-refractivity contribution in [3.63, 3.8) is 0 Å². The van der Waals surface area contributed by atoms with Crippen LogP contribution in [0.15, 0.2) is 113 Å². The van der Waals surface area contributed by atoms with Gasteiger partial charge in [-0.3, -0.25) is 4.90 Å². The lowest BCUT2D eigenvalue weighted by Crippen LogP contribution is -2.30. The van der Waals surface area contributed by atoms with Crippen LogP contribution in [0.2, 0.25) is 5.02 Å². The van der Waals surface area contributed by atoms with Crippen molar-refractivity contribution < 1.29 is 23.1 Å². The fourth-order valence-corrected chi connectivity index (χ4v) is 5.91. The van der Waals surface area contributed by atoms with Crippen LogP contribution >= 0.6 is 11.6 Å². The molecule has 0 unspecified atom stereocenters. The molecule has 0 heterocycles. The normalized spacial score (nSPS) is 12.3. The van der Waals surface area contributed by atoms with Crippen molar-refractivity contribution in [2.75, 3.05) is 19.7 Å². The molecule has 0 saturated heterocycles. The maximum Gasteiger partial charge on any atom is 0.338 e. The number of halogens is 1. The molecule has 4 aromatic carbocycles. The molecule has 208 valence electrons. The molecule has 4 aromatic rings. The largest absolute Gasteiger partial charge is 0.462 e. The zero-order valence-corrected chi connectivity index (χ0v) is 23.8. The third kappa shape index (κ3) is 7.79. The Morgan fingerprint density at radius 1 is 0.875 bits per heavy atom. The number of nitrogens with zero attached hydrogens (tertiary/aromatic N) is 1. The third-order valence-corrected chi connectivity index (χ3v) is 8.52. The monoisotopic (exact) mass is 577 g/mol. The van der Waals surface area contributed by atoms with E-state index in [1.165, 1.54) is 24.3 Å². The van der Waals surface area contributed by atoms with Crippen LogP contribution < -0.4 is 0 Å². The van der Waals surface area contributed by atoms with E-state index in [9.17, 15) is 18.3 Å². The molecule has 0 aliphatic rings. The van der Waals surface area contributed by atoms with Gasteiger partial charge in [0.1, 0.15) is 0 Å². The average Bonchev–Trinajstić information content (AvgIpc) is 2.97. The quantitative estimate of drug-likeness (QED) is 0.204. The van der Waals surface area contributed by atoms with E-state index in [0.717, 1.165) is 16.7 Å². The first-order chi connectivity index (χ1) is 19.3. The van der Waals surface area contributed by atoms with Gasteiger partial charge in [0.25, 0.3) is 0 Å². The lowest BCUT2D eigenvalue weighted by molar-refractivity contribution is 0.0526. The highest BCUT2D eigenvalue weighted by molar-refractivity contribution is 7.91. The summed E-state index contributed by atoms with van der Waals surface area (Å²) in [6, 6.07) is 29.9. The van der Waals surface area contributed by atoms with Gasteiger partial charge in [0.2, 0.25) is 9.84 Å². The van der Waals surface area contributed by atoms with Gasteiger partial charge < -0.3 is 9.84 Å². The van der Waals surface area contributed by atoms with E-state index < -0.39 is 21.9 Å². The number of ether oxygens (including phenoxy) is 1. The summed E-state index contributed by atoms with van der Waals surface area (Å²) >= 11 is 6.13. The summed E-state index contributed by atoms with van der Waals surface area (Å²) in [5.74, 6) is -0.560. The molecule has 4 rings (SSSR count). The van der Waals surface area contributed by atoms with Gasteiger partial charge in [-0.15, -0.1) is 0 Å². The maximum absolute atomic E-state index is 13.2. The SMILES string of the molecule is CCOC(=O)c1cccc(S(=O)(=O)c2ccc(CCN(Cc3ccccc3)C[C@H](O)c3cccc(Cl)c3)cc2)c1. The molecule has 0 fully saturated rings. The summed E-state index contributed by atoms with van der Waals surface area (Å²) in [7, 11) is -3.81. The summed E-state index contributed by atoms with van der Waals surface area (Å²) < 4.78 is 31.5. The average molecular weight is 578 g/mol. The number of aliphatic hydroxyl groups is 1. The standard InChI is InChI=1S/C32H32ClNO5S/c1-2-39-32(36)27-11-7-13-30(21-27)40(37,38)29-16-14-24(15-17-29)18-19-34(22-25-8-4-3-5-9-25)23-31(35)26-10-6-12-28(33)20-26/h3-17,20-21,31,35H,2,18-19,22-23H2,1H3/t31-/m0/s1. The third-order valence-electron chi connectivity index (χ3n) is 6.52. The summed E-state index contributed by atoms with van der Waals surface area (Å²) in [5.41, 5.74) is 3.05. The highest BCUT2D eigenvalue weighted by atomic mass is 35.5. The molecule has 0 saturated carbocycles. The van der Waals surface area contributed by atoms with E-state index in [1.54, 1.807) is 43.3 Å². The van der Waals surface area contributed by atoms with Crippen LogP contribution in [-0.2, 0) is 27.5 Å². The summed E-state index contributed by atoms with van der Waals surface area (Å²) in [5, 5.41) is 11.5. The molecule has 8 heteroatoms. The lowest BCUT2D eigenvalue weighted by Gasteiger charge is -2.25. The first kappa shape index (κ1) is 29.5. The summed E-state index contributed by atoms with van der Waals surface area (Å²) in [6.45, 7) is 3.63. The number of carbonyl (C=O) groups is 1. The lowest BCUT2D eigenvalue weighted by atomic mass is 10.1. The summed E-state index contributed by atoms with van der Waals surface area (Å²) in [6.07, 6.45) is -0.0476. The van der Waals surface area contributed by atoms with Gasteiger partial charge in [0, 0.05) is 24.7 Å². The Bertz CT molecular complexity index is 1520. The molecular weight excluding hydrogens is 546 g/mol. The van der Waals surface area contributed by atoms with Crippen LogP contribution in [0.5, 0.6) is 0 Å². The van der Waals surface area contributed by atoms with E-state index in [-0.39, 0.29) is 22.0 Å². The highest BCUT2D eigenvalue weighted by Crippen LogP contribution is 2.24. The minimum atomic E-state index is -3.81. The Morgan fingerprint density at radius 2 is 1.60 bits per heavy atom. The van der Waals surface area contributed by atoms with Crippen molar-refractivity contribution in [1.82, 2.24) is 4.90 Å². The highest BCUT2D eigenvalue weighted by Gasteiger charge is 2.20. The van der Waals surface area contributed by atoms with Crippen molar-refractivity contribution in [3.05, 3.63) is 130 Å². The number of benzene rings is 4. The second kappa shape index (κ2) is 13.7. The number of hydrogen-bond donors (Lipinski definition) is 1. The minimum absolute atomic E-state index is 0.0369. The Morgan fingerprint density at radius 3 is 2.30 bits per heavy atom. The Hall–Kier alpha value is -3.49. The molecule has 1 atom stereocenters. The number of rotatable bonds is 12. The van der Waals surface area contributed by atoms with Crippen LogP contribution in [0.4, 0.5) is 0 Å². The molecule has 0 aromatic heterocycles. The van der Waals surface area contributed by atoms with E-state index in [4.69, 9.17) is 16.3 Å². The van der Waals surface area contributed by atoms with E-state index in [2.05, 4.69) is 17.0 Å². The molecule has 0 aliphatic carbocycles. The van der Waals surface area contributed by atoms with Crippen LogP contribution in [0.1, 0.15) is 40.1 Å². The molecule has 40 heavy (non-hydrogen) atoms. The van der Waals surface area contributed by atoms with Gasteiger partial charge >= 0.3 is 5.97 Å². The fourth-order valence-electron chi connectivity index (χ4n) is 4.40. The molecule has 6 nitrogen and oxygen atoms in total. The Kier molecular flexibility index (Phi) is 10.1. The molecule has 0 aliphatic heterocycles. The van der Waals surface area contributed by atoms with Crippen molar-refractivity contribution >= 4 is 27.4 Å². The van der Waals surface area contributed by atoms with Crippen molar-refractivity contribution in [3.8, 4) is 0 Å². The van der Waals surface area contributed by atoms with Crippen molar-refractivity contribution in [2.24, 2.45) is 0 Å². The van der Waals surface area contributed by atoms with Gasteiger partial charge in [-0.25, -0.2) is 13.2 Å². The predicted octanol–water partition coefficient (Wildman–Crippen LogP) is 6.13. The van der Waals surface area contributed by atoms with E-state index >= 15 is 0 Å². The van der Waals surface area contributed by atoms with Gasteiger partial charge in [0.15, 0.2) is 0 Å². The van der Waals surface area contributed by atoms with E-state index in [1.807, 2.05) is 30.3 Å².